The van der Waals surface area contributed by atoms with Crippen LogP contribution in [0.2, 0.25) is 10.0 Å². The van der Waals surface area contributed by atoms with E-state index in [1.807, 2.05) is 38.1 Å². The lowest BCUT2D eigenvalue weighted by Gasteiger charge is -1.99. The van der Waals surface area contributed by atoms with E-state index >= 15 is 0 Å². The van der Waals surface area contributed by atoms with Crippen LogP contribution in [0.15, 0.2) is 35.1 Å². The van der Waals surface area contributed by atoms with Crippen LogP contribution in [0, 0.1) is 13.8 Å². The van der Waals surface area contributed by atoms with Crippen LogP contribution in [0.1, 0.15) is 16.7 Å². The molecule has 120 valence electrons. The number of benzene rings is 2. The molecule has 2 heterocycles. The minimum Gasteiger partial charge on any atom is -0.267 e. The first-order chi connectivity index (χ1) is 11.5. The van der Waals surface area contributed by atoms with Gasteiger partial charge >= 0.3 is 0 Å². The molecule has 24 heavy (non-hydrogen) atoms. The topological polar surface area (TPSA) is 34.4 Å². The first kappa shape index (κ1) is 15.6. The van der Waals surface area contributed by atoms with Gasteiger partial charge in [-0.25, -0.2) is 9.38 Å². The Bertz CT molecular complexity index is 1220. The number of imidazole rings is 1. The lowest BCUT2D eigenvalue weighted by molar-refractivity contribution is 1.18. The molecule has 0 saturated heterocycles. The van der Waals surface area contributed by atoms with Gasteiger partial charge in [0, 0.05) is 0 Å². The summed E-state index contributed by atoms with van der Waals surface area (Å²) in [5, 5.41) is 0.914. The molecular formula is C18H12Cl2N2OS. The first-order valence-electron chi connectivity index (χ1n) is 7.33. The molecule has 0 aliphatic rings. The van der Waals surface area contributed by atoms with E-state index in [0.717, 1.165) is 27.7 Å². The Morgan fingerprint density at radius 3 is 2.71 bits per heavy atom. The average Bonchev–Trinajstić information content (AvgIpc) is 3.02. The van der Waals surface area contributed by atoms with Crippen molar-refractivity contribution in [2.75, 3.05) is 0 Å². The zero-order valence-electron chi connectivity index (χ0n) is 12.9. The predicted octanol–water partition coefficient (Wildman–Crippen LogP) is 4.38. The van der Waals surface area contributed by atoms with E-state index in [0.29, 0.717) is 19.5 Å². The number of nitrogens with zero attached hydrogens (tertiary/aromatic N) is 2. The van der Waals surface area contributed by atoms with Crippen molar-refractivity contribution in [2.45, 2.75) is 13.8 Å². The Morgan fingerprint density at radius 1 is 1.17 bits per heavy atom. The third-order valence-electron chi connectivity index (χ3n) is 4.12. The quantitative estimate of drug-likeness (QED) is 0.495. The predicted molar refractivity (Wildman–Crippen MR) is 102 cm³/mol. The summed E-state index contributed by atoms with van der Waals surface area (Å²) >= 11 is 13.6. The Labute approximate surface area is 151 Å². The summed E-state index contributed by atoms with van der Waals surface area (Å²) in [4.78, 5) is 18.1. The van der Waals surface area contributed by atoms with Gasteiger partial charge in [0.2, 0.25) is 0 Å². The third kappa shape index (κ3) is 2.34. The summed E-state index contributed by atoms with van der Waals surface area (Å²) in [5.74, 6) is 0. The number of rotatable bonds is 1. The fourth-order valence-electron chi connectivity index (χ4n) is 2.69. The van der Waals surface area contributed by atoms with Gasteiger partial charge in [-0.1, -0.05) is 46.7 Å². The summed E-state index contributed by atoms with van der Waals surface area (Å²) in [6.07, 6.45) is 1.77. The van der Waals surface area contributed by atoms with Gasteiger partial charge in [-0.2, -0.15) is 0 Å². The highest BCUT2D eigenvalue weighted by atomic mass is 35.5. The summed E-state index contributed by atoms with van der Waals surface area (Å²) in [6, 6.07) is 9.39. The smallest absolute Gasteiger partial charge is 0.267 e. The average molecular weight is 375 g/mol. The molecule has 3 nitrogen and oxygen atoms in total. The largest absolute Gasteiger partial charge is 0.274 e. The normalized spacial score (nSPS) is 12.6. The molecule has 0 fully saturated rings. The summed E-state index contributed by atoms with van der Waals surface area (Å²) in [6.45, 7) is 4.07. The molecular weight excluding hydrogens is 363 g/mol. The maximum absolute atomic E-state index is 12.8. The second-order valence-electron chi connectivity index (χ2n) is 5.71. The van der Waals surface area contributed by atoms with Crippen molar-refractivity contribution in [1.29, 1.82) is 0 Å². The van der Waals surface area contributed by atoms with Gasteiger partial charge in [0.1, 0.15) is 0 Å². The zero-order chi connectivity index (χ0) is 17.0. The van der Waals surface area contributed by atoms with Crippen LogP contribution in [-0.4, -0.2) is 9.38 Å². The Balaban J connectivity index is 2.03. The van der Waals surface area contributed by atoms with E-state index in [2.05, 4.69) is 4.98 Å². The first-order valence-corrected chi connectivity index (χ1v) is 8.91. The van der Waals surface area contributed by atoms with E-state index in [9.17, 15) is 4.79 Å². The molecule has 4 rings (SSSR count). The highest BCUT2D eigenvalue weighted by molar-refractivity contribution is 7.15. The van der Waals surface area contributed by atoms with Crippen molar-refractivity contribution in [2.24, 2.45) is 0 Å². The molecule has 0 spiro atoms. The maximum Gasteiger partial charge on any atom is 0.274 e. The van der Waals surface area contributed by atoms with Crippen molar-refractivity contribution in [3.63, 3.8) is 0 Å². The van der Waals surface area contributed by atoms with Crippen molar-refractivity contribution < 1.29 is 0 Å². The van der Waals surface area contributed by atoms with Gasteiger partial charge in [0.15, 0.2) is 4.96 Å². The van der Waals surface area contributed by atoms with Crippen LogP contribution >= 0.6 is 34.5 Å². The molecule has 2 aromatic carbocycles. The van der Waals surface area contributed by atoms with E-state index in [-0.39, 0.29) is 5.56 Å². The molecule has 0 unspecified atom stereocenters. The number of hydrogen-bond acceptors (Lipinski definition) is 3. The number of halogens is 2. The second-order valence-corrected chi connectivity index (χ2v) is 7.51. The molecule has 0 radical (unpaired) electrons. The van der Waals surface area contributed by atoms with Crippen molar-refractivity contribution in [1.82, 2.24) is 9.38 Å². The monoisotopic (exact) mass is 374 g/mol. The Hall–Kier alpha value is -1.88. The van der Waals surface area contributed by atoms with Crippen LogP contribution in [0.3, 0.4) is 0 Å². The third-order valence-corrected chi connectivity index (χ3v) is 5.92. The molecule has 0 N–H and O–H groups in total. The van der Waals surface area contributed by atoms with Crippen LogP contribution in [0.4, 0.5) is 0 Å². The minimum atomic E-state index is -0.0863. The molecule has 0 saturated carbocycles. The number of aryl methyl sites for hydroxylation is 2. The molecule has 0 aliphatic carbocycles. The van der Waals surface area contributed by atoms with E-state index in [1.165, 1.54) is 11.3 Å². The molecule has 0 bridgehead atoms. The van der Waals surface area contributed by atoms with Gasteiger partial charge in [0.25, 0.3) is 5.56 Å². The molecule has 0 amide bonds. The number of aromatic nitrogens is 2. The van der Waals surface area contributed by atoms with Gasteiger partial charge in [-0.05, 0) is 54.8 Å². The van der Waals surface area contributed by atoms with Crippen molar-refractivity contribution in [3.05, 3.63) is 72.0 Å². The van der Waals surface area contributed by atoms with Gasteiger partial charge in [0.05, 0.1) is 25.6 Å². The van der Waals surface area contributed by atoms with Crippen LogP contribution in [0.25, 0.3) is 22.1 Å². The maximum atomic E-state index is 12.8. The molecule has 0 atom stereocenters. The fraction of sp³-hybridized carbons (Fsp3) is 0.111. The van der Waals surface area contributed by atoms with Gasteiger partial charge in [-0.15, -0.1) is 0 Å². The minimum absolute atomic E-state index is 0.0863. The molecule has 2 aromatic heterocycles. The molecule has 4 aromatic rings. The standard InChI is InChI=1S/C18H12Cl2N2OS/c1-9-6-13-14(7-10(9)2)22-17(23)15(24-18(22)21-13)8-11-4-3-5-12(19)16(11)20/h3-8H,1-2H3/b15-8-. The SMILES string of the molecule is Cc1cc2nc3s/c(=C\c4cccc(Cl)c4Cl)c(=O)n3c2cc1C. The van der Waals surface area contributed by atoms with Crippen molar-refractivity contribution in [3.8, 4) is 0 Å². The second kappa shape index (κ2) is 5.59. The van der Waals surface area contributed by atoms with Gasteiger partial charge < -0.3 is 0 Å². The Kier molecular flexibility index (Phi) is 3.64. The zero-order valence-corrected chi connectivity index (χ0v) is 15.3. The van der Waals surface area contributed by atoms with E-state index in [4.69, 9.17) is 23.2 Å². The van der Waals surface area contributed by atoms with E-state index in [1.54, 1.807) is 16.5 Å². The summed E-state index contributed by atoms with van der Waals surface area (Å²) < 4.78 is 2.25. The molecule has 6 heteroatoms. The summed E-state index contributed by atoms with van der Waals surface area (Å²) in [7, 11) is 0. The molecule has 0 aliphatic heterocycles. The number of thiazole rings is 1. The fourth-order valence-corrected chi connectivity index (χ4v) is 4.03. The lowest BCUT2D eigenvalue weighted by Crippen LogP contribution is -2.22. The number of fused-ring (bicyclic) bond motifs is 3. The summed E-state index contributed by atoms with van der Waals surface area (Å²) in [5.41, 5.74) is 4.62. The highest BCUT2D eigenvalue weighted by Crippen LogP contribution is 2.26. The highest BCUT2D eigenvalue weighted by Gasteiger charge is 2.12. The van der Waals surface area contributed by atoms with Crippen LogP contribution < -0.4 is 10.1 Å². The Morgan fingerprint density at radius 2 is 1.92 bits per heavy atom. The number of hydrogen-bond donors (Lipinski definition) is 0. The van der Waals surface area contributed by atoms with E-state index < -0.39 is 0 Å². The van der Waals surface area contributed by atoms with Crippen LogP contribution in [0.5, 0.6) is 0 Å². The van der Waals surface area contributed by atoms with Crippen molar-refractivity contribution >= 4 is 56.6 Å². The lowest BCUT2D eigenvalue weighted by atomic mass is 10.1. The van der Waals surface area contributed by atoms with Gasteiger partial charge in [-0.3, -0.25) is 4.79 Å². The van der Waals surface area contributed by atoms with Crippen LogP contribution in [-0.2, 0) is 0 Å².